The Kier molecular flexibility index (Phi) is 6.20. The molecule has 156 valence electrons. The quantitative estimate of drug-likeness (QED) is 0.550. The Morgan fingerprint density at radius 1 is 1.07 bits per heavy atom. The normalized spacial score (nSPS) is 15.0. The lowest BCUT2D eigenvalue weighted by Gasteiger charge is -2.34. The molecule has 0 spiro atoms. The second kappa shape index (κ2) is 9.02. The number of oxazole rings is 1. The van der Waals surface area contributed by atoms with Crippen LogP contribution in [0.4, 0.5) is 4.39 Å². The summed E-state index contributed by atoms with van der Waals surface area (Å²) < 4.78 is 19.0. The van der Waals surface area contributed by atoms with Crippen LogP contribution >= 0.6 is 11.8 Å². The van der Waals surface area contributed by atoms with Crippen LogP contribution in [0.2, 0.25) is 0 Å². The van der Waals surface area contributed by atoms with Crippen molar-refractivity contribution in [1.82, 2.24) is 14.8 Å². The second-order valence-corrected chi connectivity index (χ2v) is 8.28. The zero-order chi connectivity index (χ0) is 21.1. The Morgan fingerprint density at radius 3 is 2.47 bits per heavy atom. The third-order valence-corrected chi connectivity index (χ3v) is 6.03. The number of piperazine rings is 1. The molecule has 2 aromatic carbocycles. The smallest absolute Gasteiger partial charge is 0.237 e. The molecule has 1 aliphatic rings. The van der Waals surface area contributed by atoms with E-state index in [4.69, 9.17) is 4.42 Å². The molecule has 2 heterocycles. The number of carbonyl (C=O) groups is 1. The van der Waals surface area contributed by atoms with Crippen LogP contribution in [0.25, 0.3) is 11.5 Å². The van der Waals surface area contributed by atoms with Gasteiger partial charge in [0.2, 0.25) is 11.8 Å². The Bertz CT molecular complexity index is 1020. The first-order valence-electron chi connectivity index (χ1n) is 9.87. The van der Waals surface area contributed by atoms with Gasteiger partial charge in [-0.25, -0.2) is 9.37 Å². The van der Waals surface area contributed by atoms with Crippen molar-refractivity contribution in [3.05, 3.63) is 71.4 Å². The Balaban J connectivity index is 1.38. The van der Waals surface area contributed by atoms with Gasteiger partial charge in [-0.1, -0.05) is 12.1 Å². The Morgan fingerprint density at radius 2 is 1.80 bits per heavy atom. The lowest BCUT2D eigenvalue weighted by Crippen LogP contribution is -2.49. The summed E-state index contributed by atoms with van der Waals surface area (Å²) >= 11 is 1.70. The molecule has 0 N–H and O–H groups in total. The molecular formula is C23H24FN3O2S. The maximum absolute atomic E-state index is 13.1. The van der Waals surface area contributed by atoms with Crippen molar-refractivity contribution in [2.75, 3.05) is 25.9 Å². The monoisotopic (exact) mass is 425 g/mol. The number of aryl methyl sites for hydroxylation is 1. The first-order valence-corrected chi connectivity index (χ1v) is 11.1. The third kappa shape index (κ3) is 4.74. The highest BCUT2D eigenvalue weighted by Gasteiger charge is 2.25. The van der Waals surface area contributed by atoms with Crippen molar-refractivity contribution in [3.63, 3.8) is 0 Å². The molecule has 1 amide bonds. The molecule has 0 bridgehead atoms. The predicted octanol–water partition coefficient (Wildman–Crippen LogP) is 4.36. The van der Waals surface area contributed by atoms with E-state index >= 15 is 0 Å². The fourth-order valence-corrected chi connectivity index (χ4v) is 3.92. The number of hydrogen-bond donors (Lipinski definition) is 0. The summed E-state index contributed by atoms with van der Waals surface area (Å²) in [5.41, 5.74) is 2.74. The van der Waals surface area contributed by atoms with Gasteiger partial charge < -0.3 is 9.32 Å². The van der Waals surface area contributed by atoms with Crippen molar-refractivity contribution < 1.29 is 13.6 Å². The molecule has 30 heavy (non-hydrogen) atoms. The van der Waals surface area contributed by atoms with Crippen LogP contribution in [0.1, 0.15) is 17.0 Å². The first-order chi connectivity index (χ1) is 14.5. The number of amides is 1. The van der Waals surface area contributed by atoms with Gasteiger partial charge in [0.15, 0.2) is 0 Å². The summed E-state index contributed by atoms with van der Waals surface area (Å²) in [5, 5.41) is 0. The van der Waals surface area contributed by atoms with Crippen LogP contribution in [0.3, 0.4) is 0 Å². The lowest BCUT2D eigenvalue weighted by atomic mass is 10.2. The van der Waals surface area contributed by atoms with Crippen molar-refractivity contribution in [3.8, 4) is 11.5 Å². The van der Waals surface area contributed by atoms with E-state index in [9.17, 15) is 9.18 Å². The van der Waals surface area contributed by atoms with Crippen LogP contribution in [-0.4, -0.2) is 46.6 Å². The van der Waals surface area contributed by atoms with Crippen molar-refractivity contribution in [2.24, 2.45) is 0 Å². The van der Waals surface area contributed by atoms with Crippen molar-refractivity contribution >= 4 is 17.7 Å². The van der Waals surface area contributed by atoms with E-state index in [1.807, 2.05) is 30.2 Å². The number of benzene rings is 2. The zero-order valence-corrected chi connectivity index (χ0v) is 17.9. The predicted molar refractivity (Wildman–Crippen MR) is 116 cm³/mol. The highest BCUT2D eigenvalue weighted by atomic mass is 32.2. The topological polar surface area (TPSA) is 49.6 Å². The number of nitrogens with zero attached hydrogens (tertiary/aromatic N) is 3. The number of aromatic nitrogens is 1. The molecule has 0 aliphatic carbocycles. The summed E-state index contributed by atoms with van der Waals surface area (Å²) in [7, 11) is 0. The van der Waals surface area contributed by atoms with Gasteiger partial charge in [-0.05, 0) is 55.1 Å². The number of carbonyl (C=O) groups excluding carboxylic acids is 1. The van der Waals surface area contributed by atoms with E-state index in [1.165, 1.54) is 17.0 Å². The minimum absolute atomic E-state index is 0.0691. The van der Waals surface area contributed by atoms with Crippen LogP contribution in [0, 0.1) is 12.7 Å². The summed E-state index contributed by atoms with van der Waals surface area (Å²) in [6, 6.07) is 14.4. The van der Waals surface area contributed by atoms with Crippen molar-refractivity contribution in [2.45, 2.75) is 24.9 Å². The van der Waals surface area contributed by atoms with Gasteiger partial charge in [-0.2, -0.15) is 0 Å². The summed E-state index contributed by atoms with van der Waals surface area (Å²) in [6.07, 6.45) is 2.04. The standard InChI is InChI=1S/C23H24FN3O2S/c1-16-21(25-23(29-16)18-5-9-20(30-2)10-6-18)14-26-11-12-27(22(28)15-26)13-17-3-7-19(24)8-4-17/h3-10H,11-15H2,1-2H3. The third-order valence-electron chi connectivity index (χ3n) is 5.29. The van der Waals surface area contributed by atoms with Crippen LogP contribution < -0.4 is 0 Å². The van der Waals surface area contributed by atoms with Crippen LogP contribution in [0.5, 0.6) is 0 Å². The molecule has 1 saturated heterocycles. The molecule has 1 fully saturated rings. The molecule has 0 unspecified atom stereocenters. The maximum Gasteiger partial charge on any atom is 0.237 e. The molecule has 0 atom stereocenters. The Labute approximate surface area is 179 Å². The number of rotatable bonds is 6. The summed E-state index contributed by atoms with van der Waals surface area (Å²) in [4.78, 5) is 22.4. The molecule has 4 rings (SSSR count). The van der Waals surface area contributed by atoms with Gasteiger partial charge in [0, 0.05) is 36.6 Å². The van der Waals surface area contributed by atoms with Crippen molar-refractivity contribution in [1.29, 1.82) is 0 Å². The number of thioether (sulfide) groups is 1. The SMILES string of the molecule is CSc1ccc(-c2nc(CN3CCN(Cc4ccc(F)cc4)C(=O)C3)c(C)o2)cc1. The number of halogens is 1. The molecule has 1 aromatic heterocycles. The summed E-state index contributed by atoms with van der Waals surface area (Å²) in [5.74, 6) is 1.19. The first kappa shape index (κ1) is 20.6. The molecule has 3 aromatic rings. The highest BCUT2D eigenvalue weighted by Crippen LogP contribution is 2.25. The number of hydrogen-bond acceptors (Lipinski definition) is 5. The molecule has 1 aliphatic heterocycles. The zero-order valence-electron chi connectivity index (χ0n) is 17.1. The minimum atomic E-state index is -0.266. The van der Waals surface area contributed by atoms with Gasteiger partial charge >= 0.3 is 0 Å². The highest BCUT2D eigenvalue weighted by molar-refractivity contribution is 7.98. The van der Waals surface area contributed by atoms with Gasteiger partial charge in [0.1, 0.15) is 11.6 Å². The minimum Gasteiger partial charge on any atom is -0.441 e. The average molecular weight is 426 g/mol. The second-order valence-electron chi connectivity index (χ2n) is 7.40. The van der Waals surface area contributed by atoms with E-state index in [-0.39, 0.29) is 11.7 Å². The van der Waals surface area contributed by atoms with Gasteiger partial charge in [0.25, 0.3) is 0 Å². The molecule has 7 heteroatoms. The maximum atomic E-state index is 13.1. The van der Waals surface area contributed by atoms with Crippen LogP contribution in [-0.2, 0) is 17.9 Å². The van der Waals surface area contributed by atoms with E-state index in [0.29, 0.717) is 32.1 Å². The molecule has 0 radical (unpaired) electrons. The van der Waals surface area contributed by atoms with E-state index in [1.54, 1.807) is 23.9 Å². The van der Waals surface area contributed by atoms with E-state index in [0.717, 1.165) is 29.1 Å². The molecule has 0 saturated carbocycles. The van der Waals surface area contributed by atoms with Crippen LogP contribution in [0.15, 0.2) is 57.8 Å². The largest absolute Gasteiger partial charge is 0.441 e. The van der Waals surface area contributed by atoms with E-state index in [2.05, 4.69) is 22.0 Å². The average Bonchev–Trinajstić information content (AvgIpc) is 3.12. The van der Waals surface area contributed by atoms with E-state index < -0.39 is 0 Å². The summed E-state index contributed by atoms with van der Waals surface area (Å²) in [6.45, 7) is 4.73. The van der Waals surface area contributed by atoms with Gasteiger partial charge in [0.05, 0.1) is 12.2 Å². The van der Waals surface area contributed by atoms with Gasteiger partial charge in [-0.3, -0.25) is 9.69 Å². The molecular weight excluding hydrogens is 401 g/mol. The lowest BCUT2D eigenvalue weighted by molar-refractivity contribution is -0.136. The fraction of sp³-hybridized carbons (Fsp3) is 0.304. The fourth-order valence-electron chi connectivity index (χ4n) is 3.51. The van der Waals surface area contributed by atoms with Gasteiger partial charge in [-0.15, -0.1) is 11.8 Å². The molecule has 5 nitrogen and oxygen atoms in total. The Hall–Kier alpha value is -2.64.